The van der Waals surface area contributed by atoms with Gasteiger partial charge in [-0.05, 0) is 121 Å². The number of hydrogen-bond donors (Lipinski definition) is 0. The number of para-hydroxylation sites is 1. The van der Waals surface area contributed by atoms with E-state index >= 15 is 0 Å². The van der Waals surface area contributed by atoms with Crippen molar-refractivity contribution in [1.82, 2.24) is 0 Å². The zero-order valence-corrected chi connectivity index (χ0v) is 30.6. The van der Waals surface area contributed by atoms with E-state index in [9.17, 15) is 0 Å². The van der Waals surface area contributed by atoms with Gasteiger partial charge in [0.15, 0.2) is 0 Å². The van der Waals surface area contributed by atoms with Crippen molar-refractivity contribution in [2.75, 3.05) is 4.90 Å². The monoisotopic (exact) mass is 713 g/mol. The van der Waals surface area contributed by atoms with Crippen LogP contribution in [0.2, 0.25) is 0 Å². The Bertz CT molecular complexity index is 3270. The molecule has 2 nitrogen and oxygen atoms in total. The second kappa shape index (κ2) is 13.2. The quantitative estimate of drug-likeness (QED) is 0.171. The maximum Gasteiger partial charge on any atom is 0.136 e. The van der Waals surface area contributed by atoms with Crippen molar-refractivity contribution in [1.29, 1.82) is 0 Å². The van der Waals surface area contributed by atoms with E-state index in [0.29, 0.717) is 0 Å². The molecule has 0 saturated heterocycles. The molecule has 1 heterocycles. The van der Waals surface area contributed by atoms with Crippen LogP contribution < -0.4 is 4.90 Å². The van der Waals surface area contributed by atoms with Gasteiger partial charge in [0.05, 0.1) is 5.69 Å². The Morgan fingerprint density at radius 2 is 0.839 bits per heavy atom. The van der Waals surface area contributed by atoms with Gasteiger partial charge < -0.3 is 9.32 Å². The summed E-state index contributed by atoms with van der Waals surface area (Å²) in [7, 11) is 0. The molecular formula is C54H35NO. The smallest absolute Gasteiger partial charge is 0.136 e. The molecule has 0 spiro atoms. The minimum atomic E-state index is 0.888. The SMILES string of the molecule is c1cc(-c2ccc3ccccc3c2)cc(N(c2cccc(-c3cccc4ccccc34)c2)c2ccccc2-c2ccc3oc4cc5ccccc5cc4c3c2)c1. The minimum absolute atomic E-state index is 0.888. The number of furan rings is 1. The Morgan fingerprint density at radius 1 is 0.286 bits per heavy atom. The Kier molecular flexibility index (Phi) is 7.53. The molecule has 262 valence electrons. The standard InChI is InChI=1S/C54H35NO/c1-2-14-38-30-42(27-26-36(38)12-1)39-18-9-20-45(31-39)55(46-21-10-19-43(32-46)48-24-11-17-37-13-5-6-22-47(37)48)52-25-8-7-23-49(52)44-28-29-53-50(34-44)51-33-40-15-3-4-16-41(40)35-54(51)56-53/h1-35H. The van der Waals surface area contributed by atoms with Crippen LogP contribution in [0.4, 0.5) is 17.1 Å². The summed E-state index contributed by atoms with van der Waals surface area (Å²) in [6, 6.07) is 76.7. The third-order valence-electron chi connectivity index (χ3n) is 11.2. The molecule has 0 aliphatic rings. The van der Waals surface area contributed by atoms with Crippen LogP contribution in [-0.2, 0) is 0 Å². The summed E-state index contributed by atoms with van der Waals surface area (Å²) < 4.78 is 6.43. The summed E-state index contributed by atoms with van der Waals surface area (Å²) in [5.41, 5.74) is 12.1. The van der Waals surface area contributed by atoms with E-state index in [0.717, 1.165) is 50.1 Å². The Hall–Kier alpha value is -7.42. The van der Waals surface area contributed by atoms with Gasteiger partial charge in [0.25, 0.3) is 0 Å². The average Bonchev–Trinajstić information content (AvgIpc) is 3.62. The highest BCUT2D eigenvalue weighted by Gasteiger charge is 2.20. The van der Waals surface area contributed by atoms with Crippen molar-refractivity contribution < 1.29 is 4.42 Å². The van der Waals surface area contributed by atoms with Gasteiger partial charge in [0.2, 0.25) is 0 Å². The average molecular weight is 714 g/mol. The molecule has 2 heteroatoms. The van der Waals surface area contributed by atoms with Gasteiger partial charge in [-0.15, -0.1) is 0 Å². The first-order valence-corrected chi connectivity index (χ1v) is 19.2. The van der Waals surface area contributed by atoms with Crippen molar-refractivity contribution in [2.24, 2.45) is 0 Å². The molecule has 0 aliphatic carbocycles. The normalized spacial score (nSPS) is 11.6. The topological polar surface area (TPSA) is 16.4 Å². The van der Waals surface area contributed by atoms with E-state index in [2.05, 4.69) is 217 Å². The molecule has 0 radical (unpaired) electrons. The lowest BCUT2D eigenvalue weighted by atomic mass is 9.96. The van der Waals surface area contributed by atoms with E-state index in [1.54, 1.807) is 0 Å². The van der Waals surface area contributed by atoms with Gasteiger partial charge >= 0.3 is 0 Å². The van der Waals surface area contributed by atoms with Crippen molar-refractivity contribution in [2.45, 2.75) is 0 Å². The third-order valence-corrected chi connectivity index (χ3v) is 11.2. The lowest BCUT2D eigenvalue weighted by Gasteiger charge is -2.29. The molecular weight excluding hydrogens is 679 g/mol. The van der Waals surface area contributed by atoms with Crippen LogP contribution >= 0.6 is 0 Å². The second-order valence-corrected chi connectivity index (χ2v) is 14.6. The maximum atomic E-state index is 6.43. The van der Waals surface area contributed by atoms with Crippen molar-refractivity contribution in [3.05, 3.63) is 212 Å². The fourth-order valence-electron chi connectivity index (χ4n) is 8.45. The van der Waals surface area contributed by atoms with Crippen LogP contribution in [0.1, 0.15) is 0 Å². The molecule has 0 amide bonds. The zero-order valence-electron chi connectivity index (χ0n) is 30.6. The number of rotatable bonds is 6. The summed E-state index contributed by atoms with van der Waals surface area (Å²) in [6.45, 7) is 0. The fraction of sp³-hybridized carbons (Fsp3) is 0. The molecule has 0 atom stereocenters. The summed E-state index contributed by atoms with van der Waals surface area (Å²) in [5, 5.41) is 9.57. The van der Waals surface area contributed by atoms with E-state index in [1.165, 1.54) is 54.6 Å². The number of anilines is 3. The van der Waals surface area contributed by atoms with E-state index in [4.69, 9.17) is 4.42 Å². The minimum Gasteiger partial charge on any atom is -0.456 e. The molecule has 10 aromatic carbocycles. The molecule has 0 unspecified atom stereocenters. The number of nitrogens with zero attached hydrogens (tertiary/aromatic N) is 1. The molecule has 1 aromatic heterocycles. The molecule has 56 heavy (non-hydrogen) atoms. The number of benzene rings is 10. The first-order chi connectivity index (χ1) is 27.7. The summed E-state index contributed by atoms with van der Waals surface area (Å²) >= 11 is 0. The largest absolute Gasteiger partial charge is 0.456 e. The molecule has 0 N–H and O–H groups in total. The fourth-order valence-corrected chi connectivity index (χ4v) is 8.45. The van der Waals surface area contributed by atoms with Gasteiger partial charge in [-0.25, -0.2) is 0 Å². The predicted molar refractivity (Wildman–Crippen MR) is 237 cm³/mol. The van der Waals surface area contributed by atoms with Crippen LogP contribution in [0.25, 0.3) is 87.6 Å². The molecule has 0 saturated carbocycles. The van der Waals surface area contributed by atoms with E-state index in [1.807, 2.05) is 0 Å². The summed E-state index contributed by atoms with van der Waals surface area (Å²) in [4.78, 5) is 2.42. The van der Waals surface area contributed by atoms with Crippen LogP contribution in [0.5, 0.6) is 0 Å². The maximum absolute atomic E-state index is 6.43. The van der Waals surface area contributed by atoms with Gasteiger partial charge in [-0.1, -0.05) is 152 Å². The summed E-state index contributed by atoms with van der Waals surface area (Å²) in [5.74, 6) is 0. The lowest BCUT2D eigenvalue weighted by molar-refractivity contribution is 0.669. The second-order valence-electron chi connectivity index (χ2n) is 14.6. The molecule has 0 fully saturated rings. The Balaban J connectivity index is 1.11. The van der Waals surface area contributed by atoms with Gasteiger partial charge in [-0.2, -0.15) is 0 Å². The first-order valence-electron chi connectivity index (χ1n) is 19.2. The molecule has 0 aliphatic heterocycles. The highest BCUT2D eigenvalue weighted by atomic mass is 16.3. The predicted octanol–water partition coefficient (Wildman–Crippen LogP) is 15.5. The molecule has 11 aromatic rings. The lowest BCUT2D eigenvalue weighted by Crippen LogP contribution is -2.11. The van der Waals surface area contributed by atoms with Gasteiger partial charge in [0.1, 0.15) is 11.2 Å². The first kappa shape index (κ1) is 32.0. The Morgan fingerprint density at radius 3 is 1.68 bits per heavy atom. The number of fused-ring (bicyclic) bond motifs is 6. The number of hydrogen-bond acceptors (Lipinski definition) is 2. The van der Waals surface area contributed by atoms with Crippen LogP contribution in [0, 0.1) is 0 Å². The third kappa shape index (κ3) is 5.51. The zero-order chi connectivity index (χ0) is 37.0. The van der Waals surface area contributed by atoms with E-state index < -0.39 is 0 Å². The van der Waals surface area contributed by atoms with Crippen molar-refractivity contribution in [3.8, 4) is 33.4 Å². The molecule has 11 rings (SSSR count). The van der Waals surface area contributed by atoms with Gasteiger partial charge in [-0.3, -0.25) is 0 Å². The highest BCUT2D eigenvalue weighted by molar-refractivity contribution is 6.11. The van der Waals surface area contributed by atoms with Crippen LogP contribution in [-0.4, -0.2) is 0 Å². The van der Waals surface area contributed by atoms with Crippen LogP contribution in [0.15, 0.2) is 217 Å². The van der Waals surface area contributed by atoms with Gasteiger partial charge in [0, 0.05) is 27.7 Å². The van der Waals surface area contributed by atoms with Crippen molar-refractivity contribution in [3.63, 3.8) is 0 Å². The van der Waals surface area contributed by atoms with Crippen molar-refractivity contribution >= 4 is 71.3 Å². The van der Waals surface area contributed by atoms with Crippen LogP contribution in [0.3, 0.4) is 0 Å². The highest BCUT2D eigenvalue weighted by Crippen LogP contribution is 2.44. The molecule has 0 bridgehead atoms. The summed E-state index contributed by atoms with van der Waals surface area (Å²) in [6.07, 6.45) is 0. The van der Waals surface area contributed by atoms with E-state index in [-0.39, 0.29) is 0 Å². The Labute approximate surface area is 325 Å².